The lowest BCUT2D eigenvalue weighted by Crippen LogP contribution is -2.29. The third-order valence-electron chi connectivity index (χ3n) is 3.86. The van der Waals surface area contributed by atoms with Crippen molar-refractivity contribution in [3.05, 3.63) is 41.1 Å². The molecule has 0 atom stereocenters. The zero-order chi connectivity index (χ0) is 11.8. The van der Waals surface area contributed by atoms with Crippen LogP contribution in [0.2, 0.25) is 0 Å². The van der Waals surface area contributed by atoms with Gasteiger partial charge >= 0.3 is 0 Å². The van der Waals surface area contributed by atoms with Crippen molar-refractivity contribution in [1.82, 2.24) is 5.32 Å². The van der Waals surface area contributed by atoms with Crippen molar-refractivity contribution in [3.63, 3.8) is 0 Å². The summed E-state index contributed by atoms with van der Waals surface area (Å²) in [5, 5.41) is 4.85. The minimum absolute atomic E-state index is 1.11. The molecule has 0 saturated carbocycles. The summed E-state index contributed by atoms with van der Waals surface area (Å²) in [6.07, 6.45) is 4.45. The maximum atomic E-state index is 3.48. The molecule has 1 aliphatic heterocycles. The standard InChI is InChI=1S/C15H19N2/c1-11-14-6-8-16-7-5-12(14)10-13-4-3-9-17(2)15(11)13/h3-4,9-10,16H,5-8H2,1-2H3/q+1. The van der Waals surface area contributed by atoms with Crippen LogP contribution in [0, 0.1) is 6.92 Å². The topological polar surface area (TPSA) is 15.9 Å². The van der Waals surface area contributed by atoms with E-state index in [2.05, 4.69) is 48.3 Å². The Labute approximate surface area is 102 Å². The van der Waals surface area contributed by atoms with Crippen LogP contribution in [-0.4, -0.2) is 13.1 Å². The van der Waals surface area contributed by atoms with E-state index >= 15 is 0 Å². The third kappa shape index (κ3) is 1.73. The Morgan fingerprint density at radius 1 is 1.24 bits per heavy atom. The van der Waals surface area contributed by atoms with Gasteiger partial charge in [0.2, 0.25) is 5.52 Å². The van der Waals surface area contributed by atoms with Crippen LogP contribution < -0.4 is 9.88 Å². The minimum Gasteiger partial charge on any atom is -0.316 e. The Bertz CT molecular complexity index is 573. The first kappa shape index (κ1) is 10.7. The molecule has 0 saturated heterocycles. The van der Waals surface area contributed by atoms with Crippen molar-refractivity contribution < 1.29 is 4.57 Å². The number of rotatable bonds is 0. The first-order chi connectivity index (χ1) is 8.27. The Morgan fingerprint density at radius 2 is 2.06 bits per heavy atom. The summed E-state index contributed by atoms with van der Waals surface area (Å²) >= 11 is 0. The van der Waals surface area contributed by atoms with Crippen molar-refractivity contribution in [2.75, 3.05) is 13.1 Å². The van der Waals surface area contributed by atoms with Crippen molar-refractivity contribution in [2.45, 2.75) is 19.8 Å². The highest BCUT2D eigenvalue weighted by Gasteiger charge is 2.17. The summed E-state index contributed by atoms with van der Waals surface area (Å²) in [5.74, 6) is 0. The van der Waals surface area contributed by atoms with E-state index < -0.39 is 0 Å². The molecule has 2 heteroatoms. The molecule has 0 bridgehead atoms. The van der Waals surface area contributed by atoms with Crippen LogP contribution in [0.25, 0.3) is 10.9 Å². The van der Waals surface area contributed by atoms with E-state index in [9.17, 15) is 0 Å². The first-order valence-electron chi connectivity index (χ1n) is 6.38. The molecule has 0 amide bonds. The van der Waals surface area contributed by atoms with Crippen LogP contribution in [0.5, 0.6) is 0 Å². The van der Waals surface area contributed by atoms with E-state index in [-0.39, 0.29) is 0 Å². The average Bonchev–Trinajstić information content (AvgIpc) is 2.54. The number of benzene rings is 1. The predicted molar refractivity (Wildman–Crippen MR) is 70.1 cm³/mol. The number of nitrogens with zero attached hydrogens (tertiary/aromatic N) is 1. The lowest BCUT2D eigenvalue weighted by molar-refractivity contribution is -0.645. The van der Waals surface area contributed by atoms with Gasteiger partial charge in [0, 0.05) is 17.0 Å². The smallest absolute Gasteiger partial charge is 0.215 e. The van der Waals surface area contributed by atoms with Crippen LogP contribution in [-0.2, 0) is 19.9 Å². The van der Waals surface area contributed by atoms with Gasteiger partial charge < -0.3 is 5.32 Å². The third-order valence-corrected chi connectivity index (χ3v) is 3.86. The molecule has 88 valence electrons. The molecule has 0 aliphatic carbocycles. The predicted octanol–water partition coefficient (Wildman–Crippen LogP) is 1.66. The molecule has 2 aromatic rings. The van der Waals surface area contributed by atoms with Gasteiger partial charge in [-0.05, 0) is 56.1 Å². The maximum Gasteiger partial charge on any atom is 0.215 e. The second-order valence-electron chi connectivity index (χ2n) is 4.95. The lowest BCUT2D eigenvalue weighted by Gasteiger charge is -2.10. The Morgan fingerprint density at radius 3 is 2.94 bits per heavy atom. The van der Waals surface area contributed by atoms with Crippen LogP contribution in [0.15, 0.2) is 24.4 Å². The summed E-state index contributed by atoms with van der Waals surface area (Å²) in [4.78, 5) is 0. The van der Waals surface area contributed by atoms with Crippen molar-refractivity contribution in [1.29, 1.82) is 0 Å². The zero-order valence-electron chi connectivity index (χ0n) is 10.6. The first-order valence-corrected chi connectivity index (χ1v) is 6.38. The lowest BCUT2D eigenvalue weighted by atomic mass is 9.94. The quantitative estimate of drug-likeness (QED) is 0.677. The van der Waals surface area contributed by atoms with Gasteiger partial charge in [-0.1, -0.05) is 0 Å². The van der Waals surface area contributed by atoms with Crippen LogP contribution in [0.3, 0.4) is 0 Å². The Balaban J connectivity index is 2.34. The van der Waals surface area contributed by atoms with Gasteiger partial charge in [0.25, 0.3) is 0 Å². The molecule has 0 fully saturated rings. The van der Waals surface area contributed by atoms with E-state index in [1.807, 2.05) is 0 Å². The van der Waals surface area contributed by atoms with E-state index in [0.717, 1.165) is 25.9 Å². The SMILES string of the molecule is Cc1c2c(cc3ccc[n+](C)c13)CCNCC2. The van der Waals surface area contributed by atoms with Crippen LogP contribution in [0.4, 0.5) is 0 Å². The van der Waals surface area contributed by atoms with Crippen molar-refractivity contribution in [3.8, 4) is 0 Å². The number of fused-ring (bicyclic) bond motifs is 2. The molecular formula is C15H19N2+. The molecule has 0 radical (unpaired) electrons. The van der Waals surface area contributed by atoms with Crippen LogP contribution >= 0.6 is 0 Å². The van der Waals surface area contributed by atoms with Crippen molar-refractivity contribution >= 4 is 10.9 Å². The molecule has 2 heterocycles. The minimum atomic E-state index is 1.11. The molecule has 2 nitrogen and oxygen atoms in total. The summed E-state index contributed by atoms with van der Waals surface area (Å²) in [6.45, 7) is 4.49. The largest absolute Gasteiger partial charge is 0.316 e. The number of hydrogen-bond donors (Lipinski definition) is 1. The van der Waals surface area contributed by atoms with Gasteiger partial charge in [-0.15, -0.1) is 0 Å². The highest BCUT2D eigenvalue weighted by molar-refractivity contribution is 5.81. The van der Waals surface area contributed by atoms with E-state index in [1.54, 1.807) is 5.56 Å². The molecule has 1 aliphatic rings. The van der Waals surface area contributed by atoms with Gasteiger partial charge in [0.15, 0.2) is 6.20 Å². The average molecular weight is 227 g/mol. The zero-order valence-corrected chi connectivity index (χ0v) is 10.6. The normalized spacial score (nSPS) is 15.6. The molecule has 1 N–H and O–H groups in total. The van der Waals surface area contributed by atoms with Gasteiger partial charge in [-0.3, -0.25) is 0 Å². The molecule has 0 spiro atoms. The molecule has 17 heavy (non-hydrogen) atoms. The molecular weight excluding hydrogens is 208 g/mol. The number of pyridine rings is 1. The fourth-order valence-corrected chi connectivity index (χ4v) is 3.02. The van der Waals surface area contributed by atoms with Gasteiger partial charge in [0.05, 0.1) is 0 Å². The van der Waals surface area contributed by atoms with Crippen molar-refractivity contribution in [2.24, 2.45) is 7.05 Å². The highest BCUT2D eigenvalue weighted by atomic mass is 14.9. The van der Waals surface area contributed by atoms with Gasteiger partial charge in [-0.25, -0.2) is 4.57 Å². The summed E-state index contributed by atoms with van der Waals surface area (Å²) < 4.78 is 2.24. The van der Waals surface area contributed by atoms with E-state index in [0.29, 0.717) is 0 Å². The van der Waals surface area contributed by atoms with E-state index in [4.69, 9.17) is 0 Å². The monoisotopic (exact) mass is 227 g/mol. The van der Waals surface area contributed by atoms with Crippen LogP contribution in [0.1, 0.15) is 16.7 Å². The fraction of sp³-hybridized carbons (Fsp3) is 0.400. The molecule has 1 aromatic carbocycles. The molecule has 3 rings (SSSR count). The van der Waals surface area contributed by atoms with Gasteiger partial charge in [-0.2, -0.15) is 0 Å². The summed E-state index contributed by atoms with van der Waals surface area (Å²) in [5.41, 5.74) is 5.94. The van der Waals surface area contributed by atoms with Gasteiger partial charge in [0.1, 0.15) is 7.05 Å². The highest BCUT2D eigenvalue weighted by Crippen LogP contribution is 2.24. The molecule has 0 unspecified atom stereocenters. The fourth-order valence-electron chi connectivity index (χ4n) is 3.02. The second-order valence-corrected chi connectivity index (χ2v) is 4.95. The number of nitrogens with one attached hydrogen (secondary N) is 1. The Kier molecular flexibility index (Phi) is 2.60. The second kappa shape index (κ2) is 4.11. The molecule has 1 aromatic heterocycles. The summed E-state index contributed by atoms with van der Waals surface area (Å²) in [6, 6.07) is 6.73. The number of aromatic nitrogens is 1. The number of aryl methyl sites for hydroxylation is 2. The maximum absolute atomic E-state index is 3.48. The Hall–Kier alpha value is -1.41. The number of hydrogen-bond acceptors (Lipinski definition) is 1. The summed E-state index contributed by atoms with van der Waals surface area (Å²) in [7, 11) is 2.14. The van der Waals surface area contributed by atoms with E-state index in [1.165, 1.54) is 22.0 Å².